The summed E-state index contributed by atoms with van der Waals surface area (Å²) in [6, 6.07) is 0. The van der Waals surface area contributed by atoms with Crippen LogP contribution in [0.15, 0.2) is 10.7 Å². The van der Waals surface area contributed by atoms with Crippen molar-refractivity contribution in [3.8, 4) is 5.88 Å². The summed E-state index contributed by atoms with van der Waals surface area (Å²) in [6.07, 6.45) is 1.92. The van der Waals surface area contributed by atoms with Crippen molar-refractivity contribution in [2.75, 3.05) is 32.2 Å². The molecule has 0 fully saturated rings. The smallest absolute Gasteiger partial charge is 0.232 e. The van der Waals surface area contributed by atoms with Crippen molar-refractivity contribution in [2.24, 2.45) is 0 Å². The molecule has 0 amide bonds. The normalized spacial score (nSPS) is 10.7. The van der Waals surface area contributed by atoms with Crippen molar-refractivity contribution in [2.45, 2.75) is 20.0 Å². The van der Waals surface area contributed by atoms with Crippen LogP contribution in [0.4, 0.5) is 5.95 Å². The van der Waals surface area contributed by atoms with E-state index in [9.17, 15) is 0 Å². The minimum absolute atomic E-state index is 0.240. The van der Waals surface area contributed by atoms with Crippen LogP contribution < -0.4 is 9.64 Å². The fourth-order valence-corrected chi connectivity index (χ4v) is 1.55. The highest BCUT2D eigenvalue weighted by Crippen LogP contribution is 2.22. The molecule has 0 aromatic carbocycles. The topological polar surface area (TPSA) is 47.5 Å². The Kier molecular flexibility index (Phi) is 5.64. The summed E-state index contributed by atoms with van der Waals surface area (Å²) in [5.74, 6) is 1.16. The van der Waals surface area contributed by atoms with Gasteiger partial charge in [0.05, 0.1) is 30.5 Å². The van der Waals surface area contributed by atoms with E-state index in [-0.39, 0.29) is 6.10 Å². The van der Waals surface area contributed by atoms with Gasteiger partial charge in [-0.2, -0.15) is 4.98 Å². The van der Waals surface area contributed by atoms with Gasteiger partial charge in [-0.15, -0.1) is 0 Å². The van der Waals surface area contributed by atoms with Crippen molar-refractivity contribution in [3.05, 3.63) is 10.7 Å². The predicted molar refractivity (Wildman–Crippen MR) is 70.6 cm³/mol. The second-order valence-electron chi connectivity index (χ2n) is 3.87. The van der Waals surface area contributed by atoms with E-state index in [2.05, 4.69) is 25.9 Å². The average molecular weight is 304 g/mol. The maximum Gasteiger partial charge on any atom is 0.232 e. The molecule has 0 aliphatic carbocycles. The number of likely N-dealkylation sites (N-methyl/N-ethyl adjacent to an activating group) is 1. The Labute approximate surface area is 110 Å². The van der Waals surface area contributed by atoms with Crippen molar-refractivity contribution in [3.63, 3.8) is 0 Å². The number of halogens is 1. The van der Waals surface area contributed by atoms with Gasteiger partial charge in [0.1, 0.15) is 0 Å². The van der Waals surface area contributed by atoms with Gasteiger partial charge in [-0.05, 0) is 29.8 Å². The molecular weight excluding hydrogens is 286 g/mol. The van der Waals surface area contributed by atoms with Crippen LogP contribution in [-0.2, 0) is 4.74 Å². The van der Waals surface area contributed by atoms with Gasteiger partial charge in [0.2, 0.25) is 11.8 Å². The fourth-order valence-electron chi connectivity index (χ4n) is 1.20. The second-order valence-corrected chi connectivity index (χ2v) is 4.72. The summed E-state index contributed by atoms with van der Waals surface area (Å²) in [6.45, 7) is 5.41. The van der Waals surface area contributed by atoms with Crippen LogP contribution in [0.1, 0.15) is 13.8 Å². The fraction of sp³-hybridized carbons (Fsp3) is 0.636. The van der Waals surface area contributed by atoms with Gasteiger partial charge in [0.15, 0.2) is 0 Å². The molecule has 1 aromatic rings. The van der Waals surface area contributed by atoms with E-state index in [4.69, 9.17) is 9.47 Å². The van der Waals surface area contributed by atoms with E-state index < -0.39 is 0 Å². The number of aromatic nitrogens is 2. The summed E-state index contributed by atoms with van der Waals surface area (Å²) in [5.41, 5.74) is 0. The molecule has 0 atom stereocenters. The molecule has 96 valence electrons. The van der Waals surface area contributed by atoms with Gasteiger partial charge in [0.25, 0.3) is 0 Å². The minimum atomic E-state index is 0.240. The van der Waals surface area contributed by atoms with E-state index in [1.54, 1.807) is 13.3 Å². The molecule has 0 saturated heterocycles. The number of hydrogen-bond donors (Lipinski definition) is 0. The van der Waals surface area contributed by atoms with Crippen LogP contribution >= 0.6 is 15.9 Å². The highest BCUT2D eigenvalue weighted by Gasteiger charge is 2.09. The number of rotatable bonds is 6. The molecule has 5 nitrogen and oxygen atoms in total. The van der Waals surface area contributed by atoms with Gasteiger partial charge >= 0.3 is 0 Å². The Balaban J connectivity index is 2.59. The molecule has 0 bridgehead atoms. The van der Waals surface area contributed by atoms with Crippen LogP contribution in [0.2, 0.25) is 0 Å². The Morgan fingerprint density at radius 2 is 2.18 bits per heavy atom. The number of methoxy groups -OCH3 is 1. The molecule has 0 aliphatic rings. The van der Waals surface area contributed by atoms with Gasteiger partial charge < -0.3 is 14.4 Å². The Bertz CT molecular complexity index is 361. The molecule has 6 heteroatoms. The zero-order chi connectivity index (χ0) is 12.8. The SMILES string of the molecule is COc1nc(N(C)CCOC(C)C)ncc1Br. The zero-order valence-corrected chi connectivity index (χ0v) is 12.2. The summed E-state index contributed by atoms with van der Waals surface area (Å²) in [5, 5.41) is 0. The molecule has 0 N–H and O–H groups in total. The first-order valence-corrected chi connectivity index (χ1v) is 6.23. The predicted octanol–water partition coefficient (Wildman–Crippen LogP) is 2.11. The van der Waals surface area contributed by atoms with Crippen LogP contribution in [0, 0.1) is 0 Å². The third kappa shape index (κ3) is 4.47. The number of hydrogen-bond acceptors (Lipinski definition) is 5. The minimum Gasteiger partial charge on any atom is -0.480 e. The highest BCUT2D eigenvalue weighted by molar-refractivity contribution is 9.10. The third-order valence-corrected chi connectivity index (χ3v) is 2.66. The average Bonchev–Trinajstić information content (AvgIpc) is 2.29. The Morgan fingerprint density at radius 1 is 1.47 bits per heavy atom. The highest BCUT2D eigenvalue weighted by atomic mass is 79.9. The van der Waals surface area contributed by atoms with E-state index in [0.717, 1.165) is 11.0 Å². The molecule has 17 heavy (non-hydrogen) atoms. The number of ether oxygens (including phenoxy) is 2. The summed E-state index contributed by atoms with van der Waals surface area (Å²) >= 11 is 3.32. The molecular formula is C11H18BrN3O2. The lowest BCUT2D eigenvalue weighted by atomic mass is 10.5. The first kappa shape index (κ1) is 14.2. The molecule has 1 aromatic heterocycles. The van der Waals surface area contributed by atoms with Gasteiger partial charge in [0, 0.05) is 13.6 Å². The maximum atomic E-state index is 5.48. The number of nitrogens with zero attached hydrogens (tertiary/aromatic N) is 3. The summed E-state index contributed by atoms with van der Waals surface area (Å²) < 4.78 is 11.3. The Hall–Kier alpha value is -0.880. The van der Waals surface area contributed by atoms with Crippen LogP contribution in [-0.4, -0.2) is 43.4 Å². The van der Waals surface area contributed by atoms with Crippen molar-refractivity contribution in [1.29, 1.82) is 0 Å². The van der Waals surface area contributed by atoms with Gasteiger partial charge in [-0.1, -0.05) is 0 Å². The Morgan fingerprint density at radius 3 is 2.76 bits per heavy atom. The van der Waals surface area contributed by atoms with Crippen LogP contribution in [0.3, 0.4) is 0 Å². The zero-order valence-electron chi connectivity index (χ0n) is 10.6. The molecule has 1 rings (SSSR count). The van der Waals surface area contributed by atoms with E-state index in [0.29, 0.717) is 18.4 Å². The molecule has 0 aliphatic heterocycles. The first-order chi connectivity index (χ1) is 8.04. The number of anilines is 1. The molecule has 0 spiro atoms. The van der Waals surface area contributed by atoms with E-state index in [1.165, 1.54) is 0 Å². The summed E-state index contributed by atoms with van der Waals surface area (Å²) in [4.78, 5) is 10.4. The first-order valence-electron chi connectivity index (χ1n) is 5.44. The third-order valence-electron chi connectivity index (χ3n) is 2.11. The van der Waals surface area contributed by atoms with Crippen LogP contribution in [0.5, 0.6) is 5.88 Å². The van der Waals surface area contributed by atoms with E-state index >= 15 is 0 Å². The van der Waals surface area contributed by atoms with Crippen molar-refractivity contribution in [1.82, 2.24) is 9.97 Å². The molecule has 1 heterocycles. The van der Waals surface area contributed by atoms with Crippen molar-refractivity contribution >= 4 is 21.9 Å². The van der Waals surface area contributed by atoms with Crippen molar-refractivity contribution < 1.29 is 9.47 Å². The molecule has 0 unspecified atom stereocenters. The second kappa shape index (κ2) is 6.76. The quantitative estimate of drug-likeness (QED) is 0.805. The van der Waals surface area contributed by atoms with Crippen LogP contribution in [0.25, 0.3) is 0 Å². The lowest BCUT2D eigenvalue weighted by Crippen LogP contribution is -2.25. The monoisotopic (exact) mass is 303 g/mol. The van der Waals surface area contributed by atoms with Gasteiger partial charge in [-0.25, -0.2) is 4.98 Å². The lowest BCUT2D eigenvalue weighted by molar-refractivity contribution is 0.0844. The van der Waals surface area contributed by atoms with E-state index in [1.807, 2.05) is 25.8 Å². The maximum absolute atomic E-state index is 5.48. The summed E-state index contributed by atoms with van der Waals surface area (Å²) in [7, 11) is 3.51. The van der Waals surface area contributed by atoms with Gasteiger partial charge in [-0.3, -0.25) is 0 Å². The molecule has 0 saturated carbocycles. The largest absolute Gasteiger partial charge is 0.480 e. The standard InChI is InChI=1S/C11H18BrN3O2/c1-8(2)17-6-5-15(3)11-13-7-9(12)10(14-11)16-4/h7-8H,5-6H2,1-4H3. The lowest BCUT2D eigenvalue weighted by Gasteiger charge is -2.18. The molecule has 0 radical (unpaired) electrons.